The minimum absolute atomic E-state index is 0.185. The Morgan fingerprint density at radius 1 is 1.50 bits per heavy atom. The van der Waals surface area contributed by atoms with Crippen LogP contribution in [0.5, 0.6) is 0 Å². The number of nitrogens with two attached hydrogens (primary N) is 1. The van der Waals surface area contributed by atoms with Crippen molar-refractivity contribution in [3.63, 3.8) is 0 Å². The molecule has 1 aromatic carbocycles. The summed E-state index contributed by atoms with van der Waals surface area (Å²) >= 11 is 1.64. The van der Waals surface area contributed by atoms with Crippen molar-refractivity contribution in [3.05, 3.63) is 17.1 Å². The highest BCUT2D eigenvalue weighted by molar-refractivity contribution is 7.18. The number of hydrogen-bond acceptors (Lipinski definition) is 5. The van der Waals surface area contributed by atoms with E-state index in [1.54, 1.807) is 11.3 Å². The lowest BCUT2D eigenvalue weighted by atomic mass is 10.2. The number of thiazole rings is 1. The quantitative estimate of drug-likeness (QED) is 0.561. The Bertz CT molecular complexity index is 495. The third-order valence-corrected chi connectivity index (χ3v) is 3.25. The van der Waals surface area contributed by atoms with Gasteiger partial charge in [0.05, 0.1) is 26.6 Å². The van der Waals surface area contributed by atoms with Gasteiger partial charge in [-0.3, -0.25) is 0 Å². The van der Waals surface area contributed by atoms with E-state index >= 15 is 0 Å². The van der Waals surface area contributed by atoms with Gasteiger partial charge in [-0.2, -0.15) is 0 Å². The largest absolute Gasteiger partial charge is 0.397 e. The van der Waals surface area contributed by atoms with Crippen LogP contribution in [0.3, 0.4) is 0 Å². The number of aliphatic hydroxyl groups is 1. The second-order valence-electron chi connectivity index (χ2n) is 3.64. The number of aliphatic hydroxyl groups excluding tert-OH is 1. The number of fused-ring (bicyclic) bond motifs is 1. The van der Waals surface area contributed by atoms with Crippen molar-refractivity contribution in [1.29, 1.82) is 0 Å². The van der Waals surface area contributed by atoms with E-state index in [-0.39, 0.29) is 6.61 Å². The van der Waals surface area contributed by atoms with Crippen LogP contribution in [0, 0.1) is 6.92 Å². The molecule has 0 aliphatic rings. The van der Waals surface area contributed by atoms with Crippen LogP contribution in [0.2, 0.25) is 0 Å². The maximum Gasteiger partial charge on any atom is 0.0907 e. The van der Waals surface area contributed by atoms with E-state index in [0.29, 0.717) is 6.42 Å². The number of aryl methyl sites for hydroxylation is 1. The van der Waals surface area contributed by atoms with Crippen molar-refractivity contribution in [3.8, 4) is 0 Å². The molecule has 0 aliphatic carbocycles. The first-order chi connectivity index (χ1) is 7.70. The Labute approximate surface area is 98.1 Å². The summed E-state index contributed by atoms with van der Waals surface area (Å²) in [4.78, 5) is 4.42. The molecule has 0 bridgehead atoms. The molecular weight excluding hydrogens is 222 g/mol. The van der Waals surface area contributed by atoms with Gasteiger partial charge in [0.25, 0.3) is 0 Å². The molecule has 0 unspecified atom stereocenters. The number of benzene rings is 1. The van der Waals surface area contributed by atoms with Crippen molar-refractivity contribution < 1.29 is 5.11 Å². The zero-order valence-corrected chi connectivity index (χ0v) is 9.97. The van der Waals surface area contributed by atoms with E-state index in [1.165, 1.54) is 0 Å². The van der Waals surface area contributed by atoms with Crippen molar-refractivity contribution >= 4 is 32.9 Å². The molecule has 0 saturated carbocycles. The third kappa shape index (κ3) is 2.25. The summed E-state index contributed by atoms with van der Waals surface area (Å²) in [5.41, 5.74) is 8.53. The Morgan fingerprint density at radius 3 is 3.06 bits per heavy atom. The molecule has 2 rings (SSSR count). The number of rotatable bonds is 4. The Hall–Kier alpha value is -1.33. The van der Waals surface area contributed by atoms with Crippen LogP contribution in [0.25, 0.3) is 10.2 Å². The first kappa shape index (κ1) is 11.2. The molecular formula is C11H15N3OS. The maximum atomic E-state index is 8.71. The summed E-state index contributed by atoms with van der Waals surface area (Å²) in [6.07, 6.45) is 0.716. The molecule has 2 aromatic rings. The number of hydrogen-bond donors (Lipinski definition) is 3. The SMILES string of the molecule is Cc1nc2cc(NCCCO)c(N)cc2s1. The highest BCUT2D eigenvalue weighted by Crippen LogP contribution is 2.29. The van der Waals surface area contributed by atoms with Crippen LogP contribution in [0.15, 0.2) is 12.1 Å². The average molecular weight is 237 g/mol. The summed E-state index contributed by atoms with van der Waals surface area (Å²) < 4.78 is 1.11. The van der Waals surface area contributed by atoms with Gasteiger partial charge in [-0.25, -0.2) is 4.98 Å². The second kappa shape index (κ2) is 4.67. The number of nitrogen functional groups attached to an aromatic ring is 1. The Balaban J connectivity index is 2.27. The van der Waals surface area contributed by atoms with E-state index in [4.69, 9.17) is 10.8 Å². The molecule has 4 N–H and O–H groups in total. The minimum atomic E-state index is 0.185. The molecule has 1 aromatic heterocycles. The first-order valence-electron chi connectivity index (χ1n) is 5.22. The highest BCUT2D eigenvalue weighted by atomic mass is 32.1. The lowest BCUT2D eigenvalue weighted by molar-refractivity contribution is 0.292. The smallest absolute Gasteiger partial charge is 0.0907 e. The molecule has 86 valence electrons. The fraction of sp³-hybridized carbons (Fsp3) is 0.364. The van der Waals surface area contributed by atoms with E-state index in [9.17, 15) is 0 Å². The number of anilines is 2. The van der Waals surface area contributed by atoms with E-state index in [1.807, 2.05) is 19.1 Å². The van der Waals surface area contributed by atoms with Gasteiger partial charge < -0.3 is 16.2 Å². The van der Waals surface area contributed by atoms with Crippen LogP contribution >= 0.6 is 11.3 Å². The van der Waals surface area contributed by atoms with Gasteiger partial charge in [-0.1, -0.05) is 0 Å². The summed E-state index contributed by atoms with van der Waals surface area (Å²) in [5.74, 6) is 0. The molecule has 16 heavy (non-hydrogen) atoms. The van der Waals surface area contributed by atoms with Crippen molar-refractivity contribution in [1.82, 2.24) is 4.98 Å². The molecule has 0 spiro atoms. The fourth-order valence-electron chi connectivity index (χ4n) is 1.56. The van der Waals surface area contributed by atoms with Gasteiger partial charge in [0.15, 0.2) is 0 Å². The Kier molecular flexibility index (Phi) is 3.26. The molecule has 1 heterocycles. The monoisotopic (exact) mass is 237 g/mol. The van der Waals surface area contributed by atoms with Crippen LogP contribution in [-0.2, 0) is 0 Å². The van der Waals surface area contributed by atoms with Gasteiger partial charge in [-0.05, 0) is 25.5 Å². The third-order valence-electron chi connectivity index (χ3n) is 2.32. The predicted octanol–water partition coefficient (Wildman–Crippen LogP) is 1.98. The first-order valence-corrected chi connectivity index (χ1v) is 6.04. The predicted molar refractivity (Wildman–Crippen MR) is 69.0 cm³/mol. The zero-order chi connectivity index (χ0) is 11.5. The van der Waals surface area contributed by atoms with E-state index in [2.05, 4.69) is 10.3 Å². The normalized spacial score (nSPS) is 10.9. The highest BCUT2D eigenvalue weighted by Gasteiger charge is 2.05. The fourth-order valence-corrected chi connectivity index (χ4v) is 2.42. The average Bonchev–Trinajstić information content (AvgIpc) is 2.58. The number of nitrogens with one attached hydrogen (secondary N) is 1. The van der Waals surface area contributed by atoms with Crippen LogP contribution < -0.4 is 11.1 Å². The number of aromatic nitrogens is 1. The molecule has 0 fully saturated rings. The zero-order valence-electron chi connectivity index (χ0n) is 9.16. The summed E-state index contributed by atoms with van der Waals surface area (Å²) in [7, 11) is 0. The van der Waals surface area contributed by atoms with E-state index < -0.39 is 0 Å². The van der Waals surface area contributed by atoms with Gasteiger partial charge in [0.2, 0.25) is 0 Å². The Morgan fingerprint density at radius 2 is 2.31 bits per heavy atom. The van der Waals surface area contributed by atoms with Crippen molar-refractivity contribution in [2.24, 2.45) is 0 Å². The van der Waals surface area contributed by atoms with Crippen LogP contribution in [-0.4, -0.2) is 23.2 Å². The van der Waals surface area contributed by atoms with Crippen molar-refractivity contribution in [2.75, 3.05) is 24.2 Å². The van der Waals surface area contributed by atoms with Gasteiger partial charge in [0, 0.05) is 13.2 Å². The molecule has 4 nitrogen and oxygen atoms in total. The number of nitrogens with zero attached hydrogens (tertiary/aromatic N) is 1. The molecule has 0 amide bonds. The van der Waals surface area contributed by atoms with Crippen LogP contribution in [0.4, 0.5) is 11.4 Å². The topological polar surface area (TPSA) is 71.2 Å². The summed E-state index contributed by atoms with van der Waals surface area (Å²) in [5, 5.41) is 12.9. The van der Waals surface area contributed by atoms with Gasteiger partial charge in [0.1, 0.15) is 0 Å². The molecule has 0 atom stereocenters. The maximum absolute atomic E-state index is 8.71. The second-order valence-corrected chi connectivity index (χ2v) is 4.88. The molecule has 0 saturated heterocycles. The lowest BCUT2D eigenvalue weighted by Gasteiger charge is -2.08. The van der Waals surface area contributed by atoms with Gasteiger partial charge >= 0.3 is 0 Å². The molecule has 0 radical (unpaired) electrons. The lowest BCUT2D eigenvalue weighted by Crippen LogP contribution is -2.05. The molecule has 5 heteroatoms. The summed E-state index contributed by atoms with van der Waals surface area (Å²) in [6.45, 7) is 2.89. The van der Waals surface area contributed by atoms with Crippen molar-refractivity contribution in [2.45, 2.75) is 13.3 Å². The molecule has 0 aliphatic heterocycles. The van der Waals surface area contributed by atoms with Crippen LogP contribution in [0.1, 0.15) is 11.4 Å². The van der Waals surface area contributed by atoms with E-state index in [0.717, 1.165) is 33.1 Å². The standard InChI is InChI=1S/C11H15N3OS/c1-7-14-10-6-9(13-3-2-4-15)8(12)5-11(10)16-7/h5-6,13,15H,2-4,12H2,1H3. The summed E-state index contributed by atoms with van der Waals surface area (Å²) in [6, 6.07) is 3.91. The minimum Gasteiger partial charge on any atom is -0.397 e. The van der Waals surface area contributed by atoms with Gasteiger partial charge in [-0.15, -0.1) is 11.3 Å².